The van der Waals surface area contributed by atoms with Gasteiger partial charge in [-0.2, -0.15) is 5.26 Å². The Balaban J connectivity index is 2.35. The first-order valence-corrected chi connectivity index (χ1v) is 5.40. The van der Waals surface area contributed by atoms with Crippen LogP contribution in [0.2, 0.25) is 10.0 Å². The molecule has 0 atom stereocenters. The van der Waals surface area contributed by atoms with Crippen molar-refractivity contribution < 1.29 is 0 Å². The maximum atomic E-state index is 8.72. The predicted molar refractivity (Wildman–Crippen MR) is 66.5 cm³/mol. The van der Waals surface area contributed by atoms with Gasteiger partial charge in [0, 0.05) is 6.20 Å². The first kappa shape index (κ1) is 11.6. The van der Waals surface area contributed by atoms with Crippen LogP contribution in [-0.2, 0) is 0 Å². The summed E-state index contributed by atoms with van der Waals surface area (Å²) < 4.78 is 0. The second-order valence-corrected chi connectivity index (χ2v) is 3.91. The Kier molecular flexibility index (Phi) is 3.43. The summed E-state index contributed by atoms with van der Waals surface area (Å²) in [6.07, 6.45) is 1.48. The van der Waals surface area contributed by atoms with Gasteiger partial charge < -0.3 is 5.32 Å². The van der Waals surface area contributed by atoms with Crippen molar-refractivity contribution in [3.8, 4) is 6.07 Å². The first-order valence-electron chi connectivity index (χ1n) is 4.65. The maximum absolute atomic E-state index is 8.72. The highest BCUT2D eigenvalue weighted by Crippen LogP contribution is 2.31. The maximum Gasteiger partial charge on any atom is 0.228 e. The summed E-state index contributed by atoms with van der Waals surface area (Å²) in [7, 11) is 0. The van der Waals surface area contributed by atoms with Crippen molar-refractivity contribution in [3.63, 3.8) is 0 Å². The largest absolute Gasteiger partial charge is 0.322 e. The third-order valence-electron chi connectivity index (χ3n) is 1.97. The Hall–Kier alpha value is -1.83. The van der Waals surface area contributed by atoms with E-state index in [1.807, 2.05) is 6.07 Å². The lowest BCUT2D eigenvalue weighted by Crippen LogP contribution is -1.99. The first-order chi connectivity index (χ1) is 8.20. The highest BCUT2D eigenvalue weighted by Gasteiger charge is 2.07. The summed E-state index contributed by atoms with van der Waals surface area (Å²) in [5, 5.41) is 12.5. The minimum absolute atomic E-state index is 0.269. The van der Waals surface area contributed by atoms with Crippen LogP contribution in [0.1, 0.15) is 5.69 Å². The topological polar surface area (TPSA) is 61.6 Å². The highest BCUT2D eigenvalue weighted by atomic mass is 35.5. The summed E-state index contributed by atoms with van der Waals surface area (Å²) in [6.45, 7) is 0. The number of aromatic nitrogens is 2. The lowest BCUT2D eigenvalue weighted by Gasteiger charge is -2.08. The van der Waals surface area contributed by atoms with Crippen molar-refractivity contribution in [2.45, 2.75) is 0 Å². The van der Waals surface area contributed by atoms with Crippen LogP contribution < -0.4 is 5.32 Å². The molecule has 1 heterocycles. The van der Waals surface area contributed by atoms with Gasteiger partial charge in [-0.15, -0.1) is 0 Å². The van der Waals surface area contributed by atoms with E-state index in [0.717, 1.165) is 0 Å². The molecule has 0 bridgehead atoms. The normalized spacial score (nSPS) is 9.71. The van der Waals surface area contributed by atoms with Crippen LogP contribution in [0.4, 0.5) is 11.6 Å². The van der Waals surface area contributed by atoms with Gasteiger partial charge in [0.25, 0.3) is 0 Å². The molecule has 6 heteroatoms. The Bertz CT molecular complexity index is 572. The molecule has 2 aromatic rings. The molecule has 4 nitrogen and oxygen atoms in total. The van der Waals surface area contributed by atoms with E-state index in [-0.39, 0.29) is 11.6 Å². The predicted octanol–water partition coefficient (Wildman–Crippen LogP) is 3.40. The molecule has 0 saturated heterocycles. The molecular weight excluding hydrogens is 259 g/mol. The lowest BCUT2D eigenvalue weighted by atomic mass is 10.3. The van der Waals surface area contributed by atoms with Crippen LogP contribution >= 0.6 is 23.2 Å². The fraction of sp³-hybridized carbons (Fsp3) is 0. The Morgan fingerprint density at radius 3 is 2.53 bits per heavy atom. The molecule has 0 spiro atoms. The van der Waals surface area contributed by atoms with E-state index in [1.165, 1.54) is 12.3 Å². The molecule has 17 heavy (non-hydrogen) atoms. The molecular formula is C11H6Cl2N4. The number of nitrogens with one attached hydrogen (secondary N) is 1. The number of benzene rings is 1. The fourth-order valence-corrected chi connectivity index (χ4v) is 1.70. The summed E-state index contributed by atoms with van der Waals surface area (Å²) in [5.74, 6) is 0.277. The SMILES string of the molecule is N#Cc1ccnc(Nc2c(Cl)cccc2Cl)n1. The van der Waals surface area contributed by atoms with Crippen molar-refractivity contribution in [3.05, 3.63) is 46.2 Å². The molecule has 0 aliphatic heterocycles. The third-order valence-corrected chi connectivity index (χ3v) is 2.60. The number of anilines is 2. The molecule has 0 radical (unpaired) electrons. The van der Waals surface area contributed by atoms with Gasteiger partial charge in [-0.25, -0.2) is 9.97 Å². The fourth-order valence-electron chi connectivity index (χ4n) is 1.21. The number of nitriles is 1. The van der Waals surface area contributed by atoms with Crippen molar-refractivity contribution in [2.24, 2.45) is 0 Å². The standard InChI is InChI=1S/C11H6Cl2N4/c12-8-2-1-3-9(13)10(8)17-11-15-5-4-7(6-14)16-11/h1-5H,(H,15,16,17). The van der Waals surface area contributed by atoms with Crippen molar-refractivity contribution in [2.75, 3.05) is 5.32 Å². The number of hydrogen-bond donors (Lipinski definition) is 1. The van der Waals surface area contributed by atoms with E-state index < -0.39 is 0 Å². The van der Waals surface area contributed by atoms with Crippen LogP contribution in [0, 0.1) is 11.3 Å². The Morgan fingerprint density at radius 2 is 1.88 bits per heavy atom. The minimum Gasteiger partial charge on any atom is -0.322 e. The van der Waals surface area contributed by atoms with Gasteiger partial charge >= 0.3 is 0 Å². The highest BCUT2D eigenvalue weighted by molar-refractivity contribution is 6.39. The van der Waals surface area contributed by atoms with Crippen LogP contribution in [0.5, 0.6) is 0 Å². The lowest BCUT2D eigenvalue weighted by molar-refractivity contribution is 1.14. The molecule has 2 rings (SSSR count). The Morgan fingerprint density at radius 1 is 1.18 bits per heavy atom. The molecule has 1 aromatic heterocycles. The molecule has 0 fully saturated rings. The van der Waals surface area contributed by atoms with Crippen LogP contribution in [0.15, 0.2) is 30.5 Å². The number of halogens is 2. The van der Waals surface area contributed by atoms with Crippen LogP contribution in [0.3, 0.4) is 0 Å². The van der Waals surface area contributed by atoms with E-state index in [4.69, 9.17) is 28.5 Å². The summed E-state index contributed by atoms with van der Waals surface area (Å²) in [4.78, 5) is 7.94. The Labute approximate surface area is 108 Å². The molecule has 1 aromatic carbocycles. The number of hydrogen-bond acceptors (Lipinski definition) is 4. The molecule has 0 amide bonds. The summed E-state index contributed by atoms with van der Waals surface area (Å²) in [5.41, 5.74) is 0.789. The van der Waals surface area contributed by atoms with Gasteiger partial charge in [0.05, 0.1) is 15.7 Å². The number of rotatable bonds is 2. The summed E-state index contributed by atoms with van der Waals surface area (Å²) in [6, 6.07) is 8.57. The molecule has 0 aliphatic carbocycles. The van der Waals surface area contributed by atoms with Gasteiger partial charge in [0.1, 0.15) is 11.8 Å². The van der Waals surface area contributed by atoms with Crippen molar-refractivity contribution in [1.29, 1.82) is 5.26 Å². The second-order valence-electron chi connectivity index (χ2n) is 3.10. The summed E-state index contributed by atoms with van der Waals surface area (Å²) >= 11 is 12.0. The quantitative estimate of drug-likeness (QED) is 0.903. The number of nitrogens with zero attached hydrogens (tertiary/aromatic N) is 3. The molecule has 84 valence electrons. The van der Waals surface area contributed by atoms with E-state index in [1.54, 1.807) is 18.2 Å². The van der Waals surface area contributed by atoms with E-state index in [0.29, 0.717) is 15.7 Å². The smallest absolute Gasteiger partial charge is 0.228 e. The molecule has 1 N–H and O–H groups in total. The monoisotopic (exact) mass is 264 g/mol. The van der Waals surface area contributed by atoms with E-state index in [2.05, 4.69) is 15.3 Å². The average Bonchev–Trinajstić information content (AvgIpc) is 2.34. The number of para-hydroxylation sites is 1. The minimum atomic E-state index is 0.269. The van der Waals surface area contributed by atoms with E-state index in [9.17, 15) is 0 Å². The van der Waals surface area contributed by atoms with Gasteiger partial charge in [-0.3, -0.25) is 0 Å². The van der Waals surface area contributed by atoms with Crippen LogP contribution in [0.25, 0.3) is 0 Å². The van der Waals surface area contributed by atoms with Crippen LogP contribution in [-0.4, -0.2) is 9.97 Å². The van der Waals surface area contributed by atoms with Gasteiger partial charge in [0.2, 0.25) is 5.95 Å². The van der Waals surface area contributed by atoms with Gasteiger partial charge in [-0.1, -0.05) is 29.3 Å². The zero-order chi connectivity index (χ0) is 12.3. The molecule has 0 unspecified atom stereocenters. The third kappa shape index (κ3) is 2.64. The van der Waals surface area contributed by atoms with Gasteiger partial charge in [-0.05, 0) is 18.2 Å². The van der Waals surface area contributed by atoms with Gasteiger partial charge in [0.15, 0.2) is 0 Å². The molecule has 0 aliphatic rings. The van der Waals surface area contributed by atoms with Crippen molar-refractivity contribution in [1.82, 2.24) is 9.97 Å². The zero-order valence-electron chi connectivity index (χ0n) is 8.48. The second kappa shape index (κ2) is 5.00. The van der Waals surface area contributed by atoms with Crippen molar-refractivity contribution >= 4 is 34.8 Å². The zero-order valence-corrected chi connectivity index (χ0v) is 10.00. The van der Waals surface area contributed by atoms with E-state index >= 15 is 0 Å². The average molecular weight is 265 g/mol. The molecule has 0 saturated carbocycles.